The van der Waals surface area contributed by atoms with E-state index in [4.69, 9.17) is 9.47 Å². The van der Waals surface area contributed by atoms with E-state index in [9.17, 15) is 0 Å². The van der Waals surface area contributed by atoms with Crippen molar-refractivity contribution in [2.24, 2.45) is 0 Å². The fourth-order valence-electron chi connectivity index (χ4n) is 2.15. The number of hydrogen-bond donors (Lipinski definition) is 0. The van der Waals surface area contributed by atoms with Gasteiger partial charge >= 0.3 is 0 Å². The van der Waals surface area contributed by atoms with Crippen molar-refractivity contribution in [2.75, 3.05) is 14.2 Å². The molecule has 2 aromatic heterocycles. The Morgan fingerprint density at radius 3 is 2.50 bits per heavy atom. The maximum absolute atomic E-state index is 5.44. The summed E-state index contributed by atoms with van der Waals surface area (Å²) in [6.45, 7) is 0. The standard InChI is InChI=1S/C14H12BrN3O2/c1-19-10-4-3-5-11(20-2)12(10)14-17-13(15)9-8-16-6-7-18(9)14/h3-8H,1-2H3. The van der Waals surface area contributed by atoms with Gasteiger partial charge in [-0.3, -0.25) is 9.38 Å². The molecule has 3 aromatic rings. The van der Waals surface area contributed by atoms with E-state index in [0.29, 0.717) is 11.5 Å². The highest BCUT2D eigenvalue weighted by molar-refractivity contribution is 9.10. The van der Waals surface area contributed by atoms with Gasteiger partial charge in [0, 0.05) is 12.4 Å². The van der Waals surface area contributed by atoms with Gasteiger partial charge in [0.15, 0.2) is 5.82 Å². The molecule has 1 aromatic carbocycles. The van der Waals surface area contributed by atoms with E-state index in [1.165, 1.54) is 0 Å². The summed E-state index contributed by atoms with van der Waals surface area (Å²) >= 11 is 3.45. The molecule has 2 heterocycles. The summed E-state index contributed by atoms with van der Waals surface area (Å²) in [5.74, 6) is 2.16. The van der Waals surface area contributed by atoms with Gasteiger partial charge in [0.05, 0.1) is 25.9 Å². The van der Waals surface area contributed by atoms with Crippen molar-refractivity contribution < 1.29 is 9.47 Å². The number of aromatic nitrogens is 3. The molecule has 0 aliphatic heterocycles. The van der Waals surface area contributed by atoms with E-state index >= 15 is 0 Å². The monoisotopic (exact) mass is 333 g/mol. The molecule has 0 fully saturated rings. The lowest BCUT2D eigenvalue weighted by Crippen LogP contribution is -1.96. The third-order valence-corrected chi connectivity index (χ3v) is 3.64. The summed E-state index contributed by atoms with van der Waals surface area (Å²) < 4.78 is 13.5. The first kappa shape index (κ1) is 12.9. The van der Waals surface area contributed by atoms with E-state index in [1.807, 2.05) is 28.8 Å². The minimum Gasteiger partial charge on any atom is -0.496 e. The number of fused-ring (bicyclic) bond motifs is 1. The molecule has 0 saturated heterocycles. The molecule has 0 saturated carbocycles. The van der Waals surface area contributed by atoms with Crippen LogP contribution in [0.25, 0.3) is 16.9 Å². The maximum atomic E-state index is 5.44. The Morgan fingerprint density at radius 1 is 1.15 bits per heavy atom. The van der Waals surface area contributed by atoms with Crippen molar-refractivity contribution in [1.29, 1.82) is 0 Å². The minimum atomic E-state index is 0.709. The normalized spacial score (nSPS) is 10.8. The first-order chi connectivity index (χ1) is 9.76. The molecule has 0 radical (unpaired) electrons. The van der Waals surface area contributed by atoms with Crippen molar-refractivity contribution in [3.63, 3.8) is 0 Å². The van der Waals surface area contributed by atoms with Crippen LogP contribution in [0.5, 0.6) is 11.5 Å². The molecule has 0 aliphatic rings. The Hall–Kier alpha value is -2.08. The first-order valence-electron chi connectivity index (χ1n) is 5.95. The Labute approximate surface area is 124 Å². The lowest BCUT2D eigenvalue weighted by atomic mass is 10.1. The van der Waals surface area contributed by atoms with E-state index in [1.54, 1.807) is 26.6 Å². The second-order valence-corrected chi connectivity index (χ2v) is 4.85. The Morgan fingerprint density at radius 2 is 1.85 bits per heavy atom. The Kier molecular flexibility index (Phi) is 3.31. The summed E-state index contributed by atoms with van der Waals surface area (Å²) in [6, 6.07) is 5.65. The smallest absolute Gasteiger partial charge is 0.153 e. The molecule has 0 amide bonds. The molecular formula is C14H12BrN3O2. The first-order valence-corrected chi connectivity index (χ1v) is 6.74. The molecule has 5 nitrogen and oxygen atoms in total. The van der Waals surface area contributed by atoms with Crippen molar-refractivity contribution in [2.45, 2.75) is 0 Å². The molecule has 3 rings (SSSR count). The average Bonchev–Trinajstić information content (AvgIpc) is 2.83. The number of halogens is 1. The van der Waals surface area contributed by atoms with Gasteiger partial charge in [0.25, 0.3) is 0 Å². The summed E-state index contributed by atoms with van der Waals surface area (Å²) in [5.41, 5.74) is 1.69. The lowest BCUT2D eigenvalue weighted by Gasteiger charge is -2.11. The van der Waals surface area contributed by atoms with Crippen LogP contribution >= 0.6 is 15.9 Å². The van der Waals surface area contributed by atoms with Crippen LogP contribution in [-0.2, 0) is 0 Å². The highest BCUT2D eigenvalue weighted by Crippen LogP contribution is 2.38. The molecule has 0 N–H and O–H groups in total. The number of nitrogens with zero attached hydrogens (tertiary/aromatic N) is 3. The van der Waals surface area contributed by atoms with Gasteiger partial charge in [-0.05, 0) is 28.1 Å². The van der Waals surface area contributed by atoms with Crippen molar-refractivity contribution in [3.8, 4) is 22.9 Å². The van der Waals surface area contributed by atoms with Gasteiger partial charge in [-0.25, -0.2) is 4.98 Å². The van der Waals surface area contributed by atoms with Crippen molar-refractivity contribution in [3.05, 3.63) is 41.4 Å². The third kappa shape index (κ3) is 1.92. The molecular weight excluding hydrogens is 322 g/mol. The summed E-state index contributed by atoms with van der Waals surface area (Å²) in [5, 5.41) is 0. The zero-order valence-electron chi connectivity index (χ0n) is 11.0. The fraction of sp³-hybridized carbons (Fsp3) is 0.143. The maximum Gasteiger partial charge on any atom is 0.153 e. The molecule has 0 aliphatic carbocycles. The van der Waals surface area contributed by atoms with E-state index in [-0.39, 0.29) is 0 Å². The predicted octanol–water partition coefficient (Wildman–Crippen LogP) is 3.18. The van der Waals surface area contributed by atoms with Gasteiger partial charge in [0.1, 0.15) is 21.7 Å². The number of benzene rings is 1. The second kappa shape index (κ2) is 5.13. The number of rotatable bonds is 3. The minimum absolute atomic E-state index is 0.709. The zero-order chi connectivity index (χ0) is 14.1. The van der Waals surface area contributed by atoms with Crippen LogP contribution in [0.15, 0.2) is 41.4 Å². The highest BCUT2D eigenvalue weighted by Gasteiger charge is 2.19. The SMILES string of the molecule is COc1cccc(OC)c1-c1nc(Br)c2cnccn12. The number of methoxy groups -OCH3 is 2. The van der Waals surface area contributed by atoms with Crippen LogP contribution in [0.4, 0.5) is 0 Å². The van der Waals surface area contributed by atoms with Crippen LogP contribution in [0, 0.1) is 0 Å². The molecule has 20 heavy (non-hydrogen) atoms. The van der Waals surface area contributed by atoms with Gasteiger partial charge in [-0.2, -0.15) is 0 Å². The molecule has 6 heteroatoms. The van der Waals surface area contributed by atoms with Crippen LogP contribution in [0.2, 0.25) is 0 Å². The number of hydrogen-bond acceptors (Lipinski definition) is 4. The average molecular weight is 334 g/mol. The highest BCUT2D eigenvalue weighted by atomic mass is 79.9. The Balaban J connectivity index is 2.36. The topological polar surface area (TPSA) is 48.7 Å². The third-order valence-electron chi connectivity index (χ3n) is 3.05. The van der Waals surface area contributed by atoms with Crippen molar-refractivity contribution >= 4 is 21.4 Å². The summed E-state index contributed by atoms with van der Waals surface area (Å²) in [4.78, 5) is 8.67. The summed E-state index contributed by atoms with van der Waals surface area (Å²) in [6.07, 6.45) is 5.32. The van der Waals surface area contributed by atoms with Crippen LogP contribution in [0.3, 0.4) is 0 Å². The quantitative estimate of drug-likeness (QED) is 0.738. The van der Waals surface area contributed by atoms with Gasteiger partial charge in [0.2, 0.25) is 0 Å². The molecule has 0 spiro atoms. The fourth-order valence-corrected chi connectivity index (χ4v) is 2.61. The van der Waals surface area contributed by atoms with Crippen LogP contribution in [0.1, 0.15) is 0 Å². The van der Waals surface area contributed by atoms with Crippen molar-refractivity contribution in [1.82, 2.24) is 14.4 Å². The van der Waals surface area contributed by atoms with Crippen LogP contribution in [-0.4, -0.2) is 28.6 Å². The van der Waals surface area contributed by atoms with Gasteiger partial charge in [-0.15, -0.1) is 0 Å². The predicted molar refractivity (Wildman–Crippen MR) is 79.2 cm³/mol. The number of ether oxygens (including phenoxy) is 2. The zero-order valence-corrected chi connectivity index (χ0v) is 12.6. The van der Waals surface area contributed by atoms with Gasteiger partial charge < -0.3 is 9.47 Å². The largest absolute Gasteiger partial charge is 0.496 e. The summed E-state index contributed by atoms with van der Waals surface area (Å²) in [7, 11) is 3.26. The molecule has 0 unspecified atom stereocenters. The van der Waals surface area contributed by atoms with E-state index in [0.717, 1.165) is 21.5 Å². The molecule has 102 valence electrons. The molecule has 0 bridgehead atoms. The second-order valence-electron chi connectivity index (χ2n) is 4.10. The lowest BCUT2D eigenvalue weighted by molar-refractivity contribution is 0.397. The van der Waals surface area contributed by atoms with E-state index in [2.05, 4.69) is 25.9 Å². The Bertz CT molecular complexity index is 748. The van der Waals surface area contributed by atoms with Gasteiger partial charge in [-0.1, -0.05) is 6.07 Å². The van der Waals surface area contributed by atoms with Crippen LogP contribution < -0.4 is 9.47 Å². The molecule has 0 atom stereocenters. The van der Waals surface area contributed by atoms with E-state index < -0.39 is 0 Å². The number of imidazole rings is 1.